The highest BCUT2D eigenvalue weighted by atomic mass is 19.3. The molecule has 0 saturated carbocycles. The quantitative estimate of drug-likeness (QED) is 0.414. The Morgan fingerprint density at radius 1 is 1.40 bits per heavy atom. The number of hydrogen-bond donors (Lipinski definition) is 0. The Morgan fingerprint density at radius 3 is 2.40 bits per heavy atom. The molecule has 0 rings (SSSR count). The van der Waals surface area contributed by atoms with E-state index in [0.29, 0.717) is 6.42 Å². The topological polar surface area (TPSA) is 0 Å². The highest BCUT2D eigenvalue weighted by molar-refractivity contribution is 4.86. The van der Waals surface area contributed by atoms with Crippen LogP contribution in [0.3, 0.4) is 0 Å². The summed E-state index contributed by atoms with van der Waals surface area (Å²) < 4.78 is 24.7. The van der Waals surface area contributed by atoms with Crippen molar-refractivity contribution >= 4 is 0 Å². The molecule has 60 valence electrons. The first-order valence-electron chi connectivity index (χ1n) is 3.64. The molecule has 0 heterocycles. The summed E-state index contributed by atoms with van der Waals surface area (Å²) in [5.74, 6) is -2.64. The summed E-state index contributed by atoms with van der Waals surface area (Å²) in [5.41, 5.74) is 0. The zero-order chi connectivity index (χ0) is 8.04. The van der Waals surface area contributed by atoms with Crippen molar-refractivity contribution in [2.24, 2.45) is 0 Å². The zero-order valence-electron chi connectivity index (χ0n) is 6.37. The molecule has 0 aliphatic heterocycles. The summed E-state index contributed by atoms with van der Waals surface area (Å²) >= 11 is 0. The molecule has 2 heteroatoms. The molecule has 0 N–H and O–H groups in total. The molecule has 0 unspecified atom stereocenters. The molecule has 0 spiro atoms. The fourth-order valence-electron chi connectivity index (χ4n) is 0.713. The van der Waals surface area contributed by atoms with Gasteiger partial charge in [-0.3, -0.25) is 0 Å². The third-order valence-corrected chi connectivity index (χ3v) is 1.41. The molecule has 0 radical (unpaired) electrons. The number of allylic oxidation sites excluding steroid dienone is 1. The van der Waals surface area contributed by atoms with E-state index in [1.54, 1.807) is 0 Å². The van der Waals surface area contributed by atoms with Crippen LogP contribution in [-0.2, 0) is 0 Å². The normalized spacial score (nSPS) is 11.5. The van der Waals surface area contributed by atoms with Gasteiger partial charge >= 0.3 is 0 Å². The lowest BCUT2D eigenvalue weighted by Gasteiger charge is -2.09. The zero-order valence-corrected chi connectivity index (χ0v) is 6.37. The van der Waals surface area contributed by atoms with E-state index in [1.165, 1.54) is 0 Å². The first-order chi connectivity index (χ1) is 4.62. The fraction of sp³-hybridized carbons (Fsp3) is 0.750. The van der Waals surface area contributed by atoms with Crippen molar-refractivity contribution < 1.29 is 8.78 Å². The van der Waals surface area contributed by atoms with Crippen LogP contribution in [0, 0.1) is 0 Å². The van der Waals surface area contributed by atoms with Gasteiger partial charge in [-0.1, -0.05) is 26.3 Å². The second-order valence-corrected chi connectivity index (χ2v) is 2.42. The number of unbranched alkanes of at least 4 members (excludes halogenated alkanes) is 2. The van der Waals surface area contributed by atoms with E-state index in [2.05, 4.69) is 6.58 Å². The number of rotatable bonds is 5. The van der Waals surface area contributed by atoms with Crippen molar-refractivity contribution in [3.63, 3.8) is 0 Å². The summed E-state index contributed by atoms with van der Waals surface area (Å²) in [6.07, 6.45) is 3.12. The Balaban J connectivity index is 3.37. The van der Waals surface area contributed by atoms with Gasteiger partial charge in [-0.05, 0) is 12.5 Å². The van der Waals surface area contributed by atoms with Gasteiger partial charge in [0.05, 0.1) is 0 Å². The fourth-order valence-corrected chi connectivity index (χ4v) is 0.713. The summed E-state index contributed by atoms with van der Waals surface area (Å²) in [5, 5.41) is 0. The largest absolute Gasteiger partial charge is 0.266 e. The highest BCUT2D eigenvalue weighted by Gasteiger charge is 2.22. The van der Waals surface area contributed by atoms with Gasteiger partial charge in [0, 0.05) is 6.42 Å². The minimum atomic E-state index is -2.64. The smallest absolute Gasteiger partial charge is 0.202 e. The first kappa shape index (κ1) is 9.60. The number of halogens is 2. The van der Waals surface area contributed by atoms with E-state index in [9.17, 15) is 8.78 Å². The maximum atomic E-state index is 12.4. The van der Waals surface area contributed by atoms with Crippen LogP contribution in [0.15, 0.2) is 12.7 Å². The Morgan fingerprint density at radius 2 is 2.00 bits per heavy atom. The molecule has 0 aliphatic rings. The monoisotopic (exact) mass is 148 g/mol. The molecule has 0 aromatic carbocycles. The van der Waals surface area contributed by atoms with Gasteiger partial charge < -0.3 is 0 Å². The van der Waals surface area contributed by atoms with Gasteiger partial charge in [0.25, 0.3) is 5.92 Å². The average molecular weight is 148 g/mol. The Labute approximate surface area is 60.9 Å². The molecule has 0 aromatic rings. The standard InChI is InChI=1S/C8H14F2/c1-3-5-6-7-8(9,10)4-2/h4H,2-3,5-7H2,1H3. The summed E-state index contributed by atoms with van der Waals surface area (Å²) in [4.78, 5) is 0. The van der Waals surface area contributed by atoms with E-state index in [1.807, 2.05) is 6.92 Å². The van der Waals surface area contributed by atoms with Crippen LogP contribution in [0.25, 0.3) is 0 Å². The minimum absolute atomic E-state index is 0.0513. The molecule has 0 amide bonds. The maximum absolute atomic E-state index is 12.4. The molecular formula is C8H14F2. The molecule has 0 aliphatic carbocycles. The van der Waals surface area contributed by atoms with Crippen molar-refractivity contribution in [1.82, 2.24) is 0 Å². The maximum Gasteiger partial charge on any atom is 0.266 e. The van der Waals surface area contributed by atoms with Gasteiger partial charge in [0.2, 0.25) is 0 Å². The Hall–Kier alpha value is -0.400. The molecule has 0 bridgehead atoms. The van der Waals surface area contributed by atoms with Crippen molar-refractivity contribution in [2.75, 3.05) is 0 Å². The minimum Gasteiger partial charge on any atom is -0.202 e. The van der Waals surface area contributed by atoms with Gasteiger partial charge in [-0.25, -0.2) is 8.78 Å². The van der Waals surface area contributed by atoms with Crippen LogP contribution in [0.5, 0.6) is 0 Å². The van der Waals surface area contributed by atoms with Crippen LogP contribution in [-0.4, -0.2) is 5.92 Å². The van der Waals surface area contributed by atoms with Crippen LogP contribution >= 0.6 is 0 Å². The molecule has 0 nitrogen and oxygen atoms in total. The molecule has 10 heavy (non-hydrogen) atoms. The van der Waals surface area contributed by atoms with Crippen LogP contribution in [0.1, 0.15) is 32.6 Å². The van der Waals surface area contributed by atoms with Crippen LogP contribution in [0.4, 0.5) is 8.78 Å². The number of hydrogen-bond acceptors (Lipinski definition) is 0. The Bertz CT molecular complexity index is 97.4. The van der Waals surface area contributed by atoms with E-state index in [4.69, 9.17) is 0 Å². The summed E-state index contributed by atoms with van der Waals surface area (Å²) in [6, 6.07) is 0. The van der Waals surface area contributed by atoms with Gasteiger partial charge in [0.15, 0.2) is 0 Å². The third kappa shape index (κ3) is 4.48. The van der Waals surface area contributed by atoms with Crippen LogP contribution in [0.2, 0.25) is 0 Å². The SMILES string of the molecule is C=CC(F)(F)CCCCC. The predicted octanol–water partition coefficient (Wildman–Crippen LogP) is 3.39. The lowest BCUT2D eigenvalue weighted by Crippen LogP contribution is -2.10. The number of alkyl halides is 2. The lowest BCUT2D eigenvalue weighted by atomic mass is 10.1. The summed E-state index contributed by atoms with van der Waals surface area (Å²) in [7, 11) is 0. The molecular weight excluding hydrogens is 134 g/mol. The van der Waals surface area contributed by atoms with Gasteiger partial charge in [-0.15, -0.1) is 0 Å². The second-order valence-electron chi connectivity index (χ2n) is 2.42. The van der Waals surface area contributed by atoms with E-state index >= 15 is 0 Å². The van der Waals surface area contributed by atoms with Crippen molar-refractivity contribution in [2.45, 2.75) is 38.5 Å². The van der Waals surface area contributed by atoms with Crippen molar-refractivity contribution in [3.8, 4) is 0 Å². The van der Waals surface area contributed by atoms with E-state index in [-0.39, 0.29) is 6.42 Å². The van der Waals surface area contributed by atoms with E-state index < -0.39 is 5.92 Å². The highest BCUT2D eigenvalue weighted by Crippen LogP contribution is 2.22. The van der Waals surface area contributed by atoms with Crippen molar-refractivity contribution in [3.05, 3.63) is 12.7 Å². The predicted molar refractivity (Wildman–Crippen MR) is 39.3 cm³/mol. The van der Waals surface area contributed by atoms with Crippen LogP contribution < -0.4 is 0 Å². The van der Waals surface area contributed by atoms with E-state index in [0.717, 1.165) is 18.9 Å². The van der Waals surface area contributed by atoms with Gasteiger partial charge in [-0.2, -0.15) is 0 Å². The molecule has 0 atom stereocenters. The Kier molecular flexibility index (Phi) is 4.24. The molecule has 0 fully saturated rings. The van der Waals surface area contributed by atoms with Crippen molar-refractivity contribution in [1.29, 1.82) is 0 Å². The second kappa shape index (κ2) is 4.42. The molecule has 0 aromatic heterocycles. The molecule has 0 saturated heterocycles. The summed E-state index contributed by atoms with van der Waals surface area (Å²) in [6.45, 7) is 5.05. The van der Waals surface area contributed by atoms with Gasteiger partial charge in [0.1, 0.15) is 0 Å². The lowest BCUT2D eigenvalue weighted by molar-refractivity contribution is 0.0432. The third-order valence-electron chi connectivity index (χ3n) is 1.41. The average Bonchev–Trinajstić information content (AvgIpc) is 1.89. The first-order valence-corrected chi connectivity index (χ1v) is 3.64.